The average Bonchev–Trinajstić information content (AvgIpc) is 2.34. The Morgan fingerprint density at radius 2 is 1.79 bits per heavy atom. The van der Waals surface area contributed by atoms with Gasteiger partial charge < -0.3 is 0 Å². The molecule has 2 rings (SSSR count). The standard InChI is InChI=1S/C15H16F2N2/c1-10-3-2-4-12(5-10)15(19-18)8-11-6-13(16)9-14(17)7-11/h2-7,9,15,19H,8,18H2,1H3. The van der Waals surface area contributed by atoms with Crippen LogP contribution in [-0.4, -0.2) is 0 Å². The maximum absolute atomic E-state index is 13.2. The second-order valence-corrected chi connectivity index (χ2v) is 4.62. The number of nitrogens with one attached hydrogen (secondary N) is 1. The van der Waals surface area contributed by atoms with Crippen molar-refractivity contribution in [3.8, 4) is 0 Å². The van der Waals surface area contributed by atoms with E-state index in [9.17, 15) is 8.78 Å². The number of hydrogen-bond donors (Lipinski definition) is 2. The van der Waals surface area contributed by atoms with Crippen molar-refractivity contribution >= 4 is 0 Å². The number of nitrogens with two attached hydrogens (primary N) is 1. The van der Waals surface area contributed by atoms with Crippen molar-refractivity contribution < 1.29 is 8.78 Å². The Bertz CT molecular complexity index is 550. The average molecular weight is 262 g/mol. The maximum Gasteiger partial charge on any atom is 0.126 e. The molecule has 19 heavy (non-hydrogen) atoms. The second-order valence-electron chi connectivity index (χ2n) is 4.62. The molecule has 2 nitrogen and oxygen atoms in total. The van der Waals surface area contributed by atoms with Crippen molar-refractivity contribution in [3.63, 3.8) is 0 Å². The fraction of sp³-hybridized carbons (Fsp3) is 0.200. The SMILES string of the molecule is Cc1cccc(C(Cc2cc(F)cc(F)c2)NN)c1. The van der Waals surface area contributed by atoms with Crippen molar-refractivity contribution in [1.29, 1.82) is 0 Å². The molecule has 0 heterocycles. The van der Waals surface area contributed by atoms with E-state index in [1.54, 1.807) is 0 Å². The van der Waals surface area contributed by atoms with Gasteiger partial charge in [-0.2, -0.15) is 0 Å². The van der Waals surface area contributed by atoms with Crippen LogP contribution < -0.4 is 11.3 Å². The molecule has 0 radical (unpaired) electrons. The summed E-state index contributed by atoms with van der Waals surface area (Å²) in [7, 11) is 0. The van der Waals surface area contributed by atoms with Gasteiger partial charge in [-0.3, -0.25) is 11.3 Å². The van der Waals surface area contributed by atoms with Crippen molar-refractivity contribution in [2.24, 2.45) is 5.84 Å². The van der Waals surface area contributed by atoms with Gasteiger partial charge in [0.2, 0.25) is 0 Å². The summed E-state index contributed by atoms with van der Waals surface area (Å²) >= 11 is 0. The van der Waals surface area contributed by atoms with Crippen LogP contribution >= 0.6 is 0 Å². The lowest BCUT2D eigenvalue weighted by atomic mass is 9.98. The van der Waals surface area contributed by atoms with Crippen LogP contribution in [0.3, 0.4) is 0 Å². The third kappa shape index (κ3) is 3.59. The van der Waals surface area contributed by atoms with Gasteiger partial charge in [-0.25, -0.2) is 8.78 Å². The minimum Gasteiger partial charge on any atom is -0.271 e. The summed E-state index contributed by atoms with van der Waals surface area (Å²) in [4.78, 5) is 0. The van der Waals surface area contributed by atoms with E-state index in [-0.39, 0.29) is 6.04 Å². The summed E-state index contributed by atoms with van der Waals surface area (Å²) in [5.74, 6) is 4.39. The third-order valence-corrected chi connectivity index (χ3v) is 3.01. The highest BCUT2D eigenvalue weighted by molar-refractivity contribution is 5.28. The first-order valence-corrected chi connectivity index (χ1v) is 6.06. The minimum atomic E-state index is -0.574. The summed E-state index contributed by atoms with van der Waals surface area (Å²) < 4.78 is 26.3. The molecular formula is C15H16F2N2. The Morgan fingerprint density at radius 1 is 1.11 bits per heavy atom. The number of rotatable bonds is 4. The molecule has 1 atom stereocenters. The molecule has 0 bridgehead atoms. The van der Waals surface area contributed by atoms with E-state index in [1.165, 1.54) is 12.1 Å². The molecule has 0 aliphatic rings. The van der Waals surface area contributed by atoms with Crippen LogP contribution in [0.4, 0.5) is 8.78 Å². The predicted molar refractivity (Wildman–Crippen MR) is 71.3 cm³/mol. The molecule has 0 saturated heterocycles. The Kier molecular flexibility index (Phi) is 4.24. The summed E-state index contributed by atoms with van der Waals surface area (Å²) in [6, 6.07) is 11.2. The van der Waals surface area contributed by atoms with Gasteiger partial charge in [-0.1, -0.05) is 29.8 Å². The van der Waals surface area contributed by atoms with Crippen LogP contribution in [0.2, 0.25) is 0 Å². The van der Waals surface area contributed by atoms with Gasteiger partial charge in [0.05, 0.1) is 0 Å². The van der Waals surface area contributed by atoms with Crippen molar-refractivity contribution in [2.75, 3.05) is 0 Å². The highest BCUT2D eigenvalue weighted by Crippen LogP contribution is 2.20. The Labute approximate surface area is 111 Å². The fourth-order valence-electron chi connectivity index (χ4n) is 2.12. The van der Waals surface area contributed by atoms with Crippen molar-refractivity contribution in [1.82, 2.24) is 5.43 Å². The van der Waals surface area contributed by atoms with E-state index in [2.05, 4.69) is 5.43 Å². The molecule has 0 spiro atoms. The van der Waals surface area contributed by atoms with E-state index < -0.39 is 11.6 Å². The molecule has 100 valence electrons. The number of aryl methyl sites for hydroxylation is 1. The molecule has 0 aliphatic carbocycles. The summed E-state index contributed by atoms with van der Waals surface area (Å²) in [5.41, 5.74) is 5.37. The van der Waals surface area contributed by atoms with Gasteiger partial charge in [0.15, 0.2) is 0 Å². The van der Waals surface area contributed by atoms with E-state index in [0.29, 0.717) is 12.0 Å². The van der Waals surface area contributed by atoms with E-state index in [1.807, 2.05) is 31.2 Å². The van der Waals surface area contributed by atoms with Gasteiger partial charge in [0.25, 0.3) is 0 Å². The fourth-order valence-corrected chi connectivity index (χ4v) is 2.12. The van der Waals surface area contributed by atoms with Crippen LogP contribution in [0.5, 0.6) is 0 Å². The zero-order valence-corrected chi connectivity index (χ0v) is 10.7. The first-order valence-electron chi connectivity index (χ1n) is 6.06. The molecule has 0 aliphatic heterocycles. The highest BCUT2D eigenvalue weighted by atomic mass is 19.1. The van der Waals surface area contributed by atoms with Gasteiger partial charge in [0.1, 0.15) is 11.6 Å². The summed E-state index contributed by atoms with van der Waals surface area (Å²) in [5, 5.41) is 0. The van der Waals surface area contributed by atoms with Crippen LogP contribution in [0.25, 0.3) is 0 Å². The molecule has 1 unspecified atom stereocenters. The molecule has 2 aromatic carbocycles. The molecule has 4 heteroatoms. The van der Waals surface area contributed by atoms with Crippen molar-refractivity contribution in [3.05, 3.63) is 70.8 Å². The molecule has 0 aromatic heterocycles. The quantitative estimate of drug-likeness (QED) is 0.656. The van der Waals surface area contributed by atoms with Gasteiger partial charge >= 0.3 is 0 Å². The van der Waals surface area contributed by atoms with E-state index in [4.69, 9.17) is 5.84 Å². The second kappa shape index (κ2) is 5.91. The number of hydrazine groups is 1. The normalized spacial score (nSPS) is 12.4. The lowest BCUT2D eigenvalue weighted by molar-refractivity contribution is 0.540. The Balaban J connectivity index is 2.23. The predicted octanol–water partition coefficient (Wildman–Crippen LogP) is 3.02. The van der Waals surface area contributed by atoms with Crippen LogP contribution in [0.1, 0.15) is 22.7 Å². The molecular weight excluding hydrogens is 246 g/mol. The Hall–Kier alpha value is -1.78. The van der Waals surface area contributed by atoms with Crippen molar-refractivity contribution in [2.45, 2.75) is 19.4 Å². The van der Waals surface area contributed by atoms with Gasteiger partial charge in [-0.15, -0.1) is 0 Å². The van der Waals surface area contributed by atoms with E-state index in [0.717, 1.165) is 17.2 Å². The number of benzene rings is 2. The van der Waals surface area contributed by atoms with Gasteiger partial charge in [-0.05, 0) is 36.6 Å². The molecule has 3 N–H and O–H groups in total. The smallest absolute Gasteiger partial charge is 0.126 e. The summed E-state index contributed by atoms with van der Waals surface area (Å²) in [6.07, 6.45) is 0.425. The first kappa shape index (κ1) is 13.6. The third-order valence-electron chi connectivity index (χ3n) is 3.01. The molecule has 2 aromatic rings. The molecule has 0 saturated carbocycles. The first-order chi connectivity index (χ1) is 9.08. The lowest BCUT2D eigenvalue weighted by Crippen LogP contribution is -2.29. The monoisotopic (exact) mass is 262 g/mol. The highest BCUT2D eigenvalue weighted by Gasteiger charge is 2.12. The van der Waals surface area contributed by atoms with Crippen LogP contribution in [0, 0.1) is 18.6 Å². The van der Waals surface area contributed by atoms with Gasteiger partial charge in [0, 0.05) is 12.1 Å². The number of halogens is 2. The molecule has 0 fully saturated rings. The Morgan fingerprint density at radius 3 is 2.37 bits per heavy atom. The minimum absolute atomic E-state index is 0.180. The zero-order chi connectivity index (χ0) is 13.8. The zero-order valence-electron chi connectivity index (χ0n) is 10.7. The molecule has 0 amide bonds. The lowest BCUT2D eigenvalue weighted by Gasteiger charge is -2.17. The van der Waals surface area contributed by atoms with Crippen LogP contribution in [-0.2, 0) is 6.42 Å². The summed E-state index contributed by atoms with van der Waals surface area (Å²) in [6.45, 7) is 1.99. The maximum atomic E-state index is 13.2. The van der Waals surface area contributed by atoms with E-state index >= 15 is 0 Å². The van der Waals surface area contributed by atoms with Crippen LogP contribution in [0.15, 0.2) is 42.5 Å². The topological polar surface area (TPSA) is 38.0 Å². The number of hydrogen-bond acceptors (Lipinski definition) is 2. The largest absolute Gasteiger partial charge is 0.271 e.